The SMILES string of the molecule is COC(=O)c1c(C#N)cc(NC2CCCC(F)(F)C2=N)nc1Nc1cccc(C)c1. The van der Waals surface area contributed by atoms with E-state index >= 15 is 0 Å². The summed E-state index contributed by atoms with van der Waals surface area (Å²) in [5.74, 6) is -3.76. The van der Waals surface area contributed by atoms with Crippen LogP contribution in [0.2, 0.25) is 0 Å². The van der Waals surface area contributed by atoms with Gasteiger partial charge in [-0.05, 0) is 43.5 Å². The molecule has 0 spiro atoms. The van der Waals surface area contributed by atoms with Crippen LogP contribution in [-0.4, -0.2) is 35.7 Å². The highest BCUT2D eigenvalue weighted by Gasteiger charge is 2.42. The number of alkyl halides is 2. The largest absolute Gasteiger partial charge is 0.465 e. The Kier molecular flexibility index (Phi) is 5.96. The standard InChI is InChI=1S/C21H21F2N5O2/c1-12-5-3-6-14(9-12)26-19-17(20(29)30-2)13(11-24)10-16(28-19)27-15-7-4-8-21(22,23)18(15)25/h3,5-6,9-10,15,25H,4,7-8H2,1-2H3,(H2,26,27,28). The first kappa shape index (κ1) is 21.2. The molecule has 1 unspecified atom stereocenters. The molecule has 1 atom stereocenters. The third-order valence-electron chi connectivity index (χ3n) is 4.86. The number of rotatable bonds is 5. The van der Waals surface area contributed by atoms with Gasteiger partial charge in [-0.1, -0.05) is 12.1 Å². The average Bonchev–Trinajstić information content (AvgIpc) is 2.70. The number of nitrogens with one attached hydrogen (secondary N) is 3. The third kappa shape index (κ3) is 4.38. The Balaban J connectivity index is 2.02. The van der Waals surface area contributed by atoms with Crippen molar-refractivity contribution in [2.75, 3.05) is 17.7 Å². The summed E-state index contributed by atoms with van der Waals surface area (Å²) in [6.45, 7) is 1.90. The van der Waals surface area contributed by atoms with Crippen molar-refractivity contribution in [3.8, 4) is 6.07 Å². The normalized spacial score (nSPS) is 17.7. The van der Waals surface area contributed by atoms with Gasteiger partial charge in [-0.2, -0.15) is 14.0 Å². The topological polar surface area (TPSA) is 111 Å². The lowest BCUT2D eigenvalue weighted by molar-refractivity contribution is 0.0525. The predicted octanol–water partition coefficient (Wildman–Crippen LogP) is 4.41. The van der Waals surface area contributed by atoms with Gasteiger partial charge in [0.15, 0.2) is 0 Å². The van der Waals surface area contributed by atoms with E-state index in [4.69, 9.17) is 10.1 Å². The van der Waals surface area contributed by atoms with Gasteiger partial charge >= 0.3 is 5.97 Å². The molecule has 0 bridgehead atoms. The number of hydrogen-bond acceptors (Lipinski definition) is 7. The van der Waals surface area contributed by atoms with Crippen LogP contribution in [-0.2, 0) is 4.74 Å². The number of esters is 1. The van der Waals surface area contributed by atoms with Crippen LogP contribution in [0, 0.1) is 23.7 Å². The van der Waals surface area contributed by atoms with Crippen LogP contribution in [0.3, 0.4) is 0 Å². The summed E-state index contributed by atoms with van der Waals surface area (Å²) in [7, 11) is 1.19. The summed E-state index contributed by atoms with van der Waals surface area (Å²) in [5.41, 5.74) is 0.803. The first-order valence-electron chi connectivity index (χ1n) is 9.35. The van der Waals surface area contributed by atoms with Gasteiger partial charge in [0.25, 0.3) is 5.92 Å². The number of anilines is 3. The first-order chi connectivity index (χ1) is 14.2. The van der Waals surface area contributed by atoms with Crippen molar-refractivity contribution in [2.24, 2.45) is 0 Å². The summed E-state index contributed by atoms with van der Waals surface area (Å²) in [5, 5.41) is 23.2. The quantitative estimate of drug-likeness (QED) is 0.626. The Hall–Kier alpha value is -3.54. The number of nitrogens with zero attached hydrogens (tertiary/aromatic N) is 2. The van der Waals surface area contributed by atoms with Crippen molar-refractivity contribution in [3.63, 3.8) is 0 Å². The molecule has 30 heavy (non-hydrogen) atoms. The Morgan fingerprint density at radius 2 is 2.17 bits per heavy atom. The van der Waals surface area contributed by atoms with E-state index in [2.05, 4.69) is 15.6 Å². The molecule has 1 aliphatic rings. The van der Waals surface area contributed by atoms with E-state index < -0.39 is 23.6 Å². The van der Waals surface area contributed by atoms with Crippen LogP contribution < -0.4 is 10.6 Å². The lowest BCUT2D eigenvalue weighted by atomic mass is 9.90. The Morgan fingerprint density at radius 3 is 2.83 bits per heavy atom. The Bertz CT molecular complexity index is 1030. The second-order valence-electron chi connectivity index (χ2n) is 7.08. The highest BCUT2D eigenvalue weighted by molar-refractivity contribution is 5.99. The minimum absolute atomic E-state index is 0.0244. The van der Waals surface area contributed by atoms with Crippen molar-refractivity contribution < 1.29 is 18.3 Å². The number of methoxy groups -OCH3 is 1. The molecule has 1 fully saturated rings. The fraction of sp³-hybridized carbons (Fsp3) is 0.333. The van der Waals surface area contributed by atoms with Gasteiger partial charge in [-0.15, -0.1) is 0 Å². The number of pyridine rings is 1. The van der Waals surface area contributed by atoms with Gasteiger partial charge in [-0.25, -0.2) is 9.78 Å². The van der Waals surface area contributed by atoms with Gasteiger partial charge in [-0.3, -0.25) is 0 Å². The smallest absolute Gasteiger partial charge is 0.343 e. The molecule has 3 N–H and O–H groups in total. The molecule has 0 amide bonds. The van der Waals surface area contributed by atoms with E-state index in [0.717, 1.165) is 5.56 Å². The monoisotopic (exact) mass is 413 g/mol. The number of ether oxygens (including phenoxy) is 1. The highest BCUT2D eigenvalue weighted by Crippen LogP contribution is 2.33. The number of benzene rings is 1. The number of hydrogen-bond donors (Lipinski definition) is 3. The van der Waals surface area contributed by atoms with Gasteiger partial charge in [0.2, 0.25) is 0 Å². The first-order valence-corrected chi connectivity index (χ1v) is 9.35. The Morgan fingerprint density at radius 1 is 1.40 bits per heavy atom. The van der Waals surface area contributed by atoms with Gasteiger partial charge in [0.05, 0.1) is 18.7 Å². The molecule has 3 rings (SSSR count). The summed E-state index contributed by atoms with van der Waals surface area (Å²) < 4.78 is 32.6. The minimum Gasteiger partial charge on any atom is -0.465 e. The summed E-state index contributed by atoms with van der Waals surface area (Å²) in [6.07, 6.45) is 0.243. The van der Waals surface area contributed by atoms with E-state index in [9.17, 15) is 18.8 Å². The minimum atomic E-state index is -3.18. The summed E-state index contributed by atoms with van der Waals surface area (Å²) >= 11 is 0. The van der Waals surface area contributed by atoms with E-state index in [1.807, 2.05) is 31.2 Å². The van der Waals surface area contributed by atoms with E-state index in [-0.39, 0.29) is 35.6 Å². The molecule has 0 saturated heterocycles. The van der Waals surface area contributed by atoms with Crippen molar-refractivity contribution in [1.29, 1.82) is 10.7 Å². The molecule has 2 aromatic rings. The molecule has 7 nitrogen and oxygen atoms in total. The predicted molar refractivity (Wildman–Crippen MR) is 109 cm³/mol. The van der Waals surface area contributed by atoms with Crippen LogP contribution in [0.1, 0.15) is 40.7 Å². The fourth-order valence-electron chi connectivity index (χ4n) is 3.35. The molecule has 1 aromatic heterocycles. The number of carbonyl (C=O) groups is 1. The van der Waals surface area contributed by atoms with Gasteiger partial charge in [0.1, 0.15) is 29.0 Å². The second kappa shape index (κ2) is 8.45. The fourth-order valence-corrected chi connectivity index (χ4v) is 3.35. The number of nitriles is 1. The van der Waals surface area contributed by atoms with Crippen molar-refractivity contribution in [3.05, 3.63) is 47.0 Å². The molecule has 9 heteroatoms. The van der Waals surface area contributed by atoms with Crippen LogP contribution in [0.15, 0.2) is 30.3 Å². The zero-order valence-corrected chi connectivity index (χ0v) is 16.6. The lowest BCUT2D eigenvalue weighted by Crippen LogP contribution is -2.45. The van der Waals surface area contributed by atoms with E-state index in [0.29, 0.717) is 12.1 Å². The van der Waals surface area contributed by atoms with Crippen LogP contribution in [0.5, 0.6) is 0 Å². The zero-order valence-electron chi connectivity index (χ0n) is 16.6. The molecule has 1 aliphatic carbocycles. The van der Waals surface area contributed by atoms with E-state index in [1.54, 1.807) is 6.07 Å². The molecule has 0 radical (unpaired) electrons. The van der Waals surface area contributed by atoms with Crippen LogP contribution in [0.4, 0.5) is 26.1 Å². The Labute approximate surface area is 172 Å². The number of halogens is 2. The highest BCUT2D eigenvalue weighted by atomic mass is 19.3. The van der Waals surface area contributed by atoms with Crippen LogP contribution >= 0.6 is 0 Å². The molecular weight excluding hydrogens is 392 g/mol. The maximum atomic E-state index is 13.9. The van der Waals surface area contributed by atoms with Crippen molar-refractivity contribution in [1.82, 2.24) is 4.98 Å². The van der Waals surface area contributed by atoms with Crippen LogP contribution in [0.25, 0.3) is 0 Å². The molecule has 1 saturated carbocycles. The number of carbonyl (C=O) groups excluding carboxylic acids is 1. The maximum absolute atomic E-state index is 13.9. The molecule has 0 aliphatic heterocycles. The maximum Gasteiger partial charge on any atom is 0.343 e. The van der Waals surface area contributed by atoms with Crippen molar-refractivity contribution in [2.45, 2.75) is 38.2 Å². The average molecular weight is 413 g/mol. The number of aromatic nitrogens is 1. The molecule has 1 heterocycles. The zero-order chi connectivity index (χ0) is 21.9. The summed E-state index contributed by atoms with van der Waals surface area (Å²) in [4.78, 5) is 16.6. The van der Waals surface area contributed by atoms with E-state index in [1.165, 1.54) is 13.2 Å². The van der Waals surface area contributed by atoms with Crippen molar-refractivity contribution >= 4 is 29.0 Å². The molecular formula is C21H21F2N5O2. The number of aryl methyl sites for hydroxylation is 1. The second-order valence-corrected chi connectivity index (χ2v) is 7.08. The summed E-state index contributed by atoms with van der Waals surface area (Å²) in [6, 6.07) is 9.62. The third-order valence-corrected chi connectivity index (χ3v) is 4.86. The lowest BCUT2D eigenvalue weighted by Gasteiger charge is -2.31. The van der Waals surface area contributed by atoms with Gasteiger partial charge < -0.3 is 20.8 Å². The molecule has 156 valence electrons. The molecule has 1 aromatic carbocycles. The van der Waals surface area contributed by atoms with Gasteiger partial charge in [0, 0.05) is 12.1 Å².